The van der Waals surface area contributed by atoms with Gasteiger partial charge >= 0.3 is 0 Å². The number of aliphatic hydroxyl groups excluding tert-OH is 1. The predicted octanol–water partition coefficient (Wildman–Crippen LogP) is 1.34. The number of nitrogens with one attached hydrogen (secondary N) is 1. The summed E-state index contributed by atoms with van der Waals surface area (Å²) in [6, 6.07) is 1.91. The van der Waals surface area contributed by atoms with E-state index in [0.717, 1.165) is 19.2 Å². The molecule has 2 N–H and O–H groups in total. The molecule has 0 atom stereocenters. The number of likely N-dealkylation sites (tertiary alicyclic amines) is 1. The van der Waals surface area contributed by atoms with Crippen LogP contribution in [0, 0.1) is 5.82 Å². The van der Waals surface area contributed by atoms with Gasteiger partial charge < -0.3 is 10.0 Å². The molecule has 118 valence electrons. The molecule has 1 aromatic carbocycles. The van der Waals surface area contributed by atoms with E-state index in [1.165, 1.54) is 6.07 Å². The molecule has 0 amide bonds. The van der Waals surface area contributed by atoms with Crippen molar-refractivity contribution in [2.45, 2.75) is 30.4 Å². The number of sulfonamides is 1. The van der Waals surface area contributed by atoms with Crippen molar-refractivity contribution in [3.63, 3.8) is 0 Å². The van der Waals surface area contributed by atoms with Crippen molar-refractivity contribution >= 4 is 21.6 Å². The molecular weight excluding hydrogens is 319 g/mol. The molecule has 0 aliphatic carbocycles. The van der Waals surface area contributed by atoms with Crippen molar-refractivity contribution in [2.75, 3.05) is 20.1 Å². The maximum Gasteiger partial charge on any atom is 0.240 e. The van der Waals surface area contributed by atoms with Crippen LogP contribution in [0.3, 0.4) is 0 Å². The number of nitrogens with zero attached hydrogens (tertiary/aromatic N) is 1. The number of benzene rings is 1. The Morgan fingerprint density at radius 3 is 2.62 bits per heavy atom. The number of aliphatic hydroxyl groups is 1. The molecule has 0 spiro atoms. The minimum absolute atomic E-state index is 0.0559. The van der Waals surface area contributed by atoms with Gasteiger partial charge in [0.25, 0.3) is 0 Å². The monoisotopic (exact) mass is 336 g/mol. The molecule has 2 rings (SSSR count). The minimum Gasteiger partial charge on any atom is -0.392 e. The van der Waals surface area contributed by atoms with Gasteiger partial charge in [0.2, 0.25) is 10.0 Å². The van der Waals surface area contributed by atoms with E-state index in [4.69, 9.17) is 16.7 Å². The Balaban J connectivity index is 2.21. The average Bonchev–Trinajstić information content (AvgIpc) is 2.44. The molecule has 0 radical (unpaired) electrons. The van der Waals surface area contributed by atoms with E-state index in [9.17, 15) is 12.8 Å². The van der Waals surface area contributed by atoms with Crippen LogP contribution in [0.2, 0.25) is 5.02 Å². The van der Waals surface area contributed by atoms with Crippen LogP contribution in [0.1, 0.15) is 18.4 Å². The van der Waals surface area contributed by atoms with Crippen molar-refractivity contribution in [1.82, 2.24) is 9.62 Å². The SMILES string of the molecule is CN1CCC(NS(=O)(=O)c2cc(F)c(Cl)c(CO)c2)CC1. The summed E-state index contributed by atoms with van der Waals surface area (Å²) in [6.45, 7) is 1.10. The lowest BCUT2D eigenvalue weighted by Gasteiger charge is -2.29. The van der Waals surface area contributed by atoms with Crippen LogP contribution in [-0.2, 0) is 16.6 Å². The van der Waals surface area contributed by atoms with Gasteiger partial charge in [0.1, 0.15) is 5.82 Å². The summed E-state index contributed by atoms with van der Waals surface area (Å²) < 4.78 is 40.8. The van der Waals surface area contributed by atoms with E-state index in [1.54, 1.807) is 0 Å². The molecule has 0 unspecified atom stereocenters. The number of hydrogen-bond donors (Lipinski definition) is 2. The van der Waals surface area contributed by atoms with Gasteiger partial charge in [-0.15, -0.1) is 0 Å². The van der Waals surface area contributed by atoms with Gasteiger partial charge in [-0.1, -0.05) is 11.6 Å². The zero-order valence-electron chi connectivity index (χ0n) is 11.6. The summed E-state index contributed by atoms with van der Waals surface area (Å²) in [6.07, 6.45) is 1.41. The van der Waals surface area contributed by atoms with E-state index in [0.29, 0.717) is 12.8 Å². The minimum atomic E-state index is -3.83. The molecule has 0 aromatic heterocycles. The Kier molecular flexibility index (Phi) is 5.21. The average molecular weight is 337 g/mol. The molecule has 1 fully saturated rings. The second kappa shape index (κ2) is 6.58. The molecule has 1 saturated heterocycles. The first kappa shape index (κ1) is 16.6. The van der Waals surface area contributed by atoms with Crippen molar-refractivity contribution in [2.24, 2.45) is 0 Å². The fourth-order valence-corrected chi connectivity index (χ4v) is 3.84. The molecule has 1 aromatic rings. The van der Waals surface area contributed by atoms with Crippen LogP contribution in [0.5, 0.6) is 0 Å². The zero-order chi connectivity index (χ0) is 15.6. The van der Waals surface area contributed by atoms with E-state index in [1.807, 2.05) is 7.05 Å². The molecule has 21 heavy (non-hydrogen) atoms. The molecule has 1 aliphatic rings. The Bertz CT molecular complexity index is 616. The normalized spacial score (nSPS) is 18.1. The smallest absolute Gasteiger partial charge is 0.240 e. The Morgan fingerprint density at radius 1 is 1.43 bits per heavy atom. The summed E-state index contributed by atoms with van der Waals surface area (Å²) in [5.41, 5.74) is 0.0559. The van der Waals surface area contributed by atoms with Crippen LogP contribution in [0.25, 0.3) is 0 Å². The molecule has 5 nitrogen and oxygen atoms in total. The second-order valence-corrected chi connectivity index (χ2v) is 7.33. The molecular formula is C13H18ClFN2O3S. The summed E-state index contributed by atoms with van der Waals surface area (Å²) >= 11 is 5.67. The third kappa shape index (κ3) is 3.92. The fraction of sp³-hybridized carbons (Fsp3) is 0.538. The maximum atomic E-state index is 13.6. The first-order valence-corrected chi connectivity index (χ1v) is 8.49. The Hall–Kier alpha value is -0.730. The second-order valence-electron chi connectivity index (χ2n) is 5.24. The van der Waals surface area contributed by atoms with E-state index >= 15 is 0 Å². The van der Waals surface area contributed by atoms with Crippen molar-refractivity contribution in [3.05, 3.63) is 28.5 Å². The highest BCUT2D eigenvalue weighted by atomic mass is 35.5. The van der Waals surface area contributed by atoms with Crippen LogP contribution >= 0.6 is 11.6 Å². The highest BCUT2D eigenvalue weighted by molar-refractivity contribution is 7.89. The van der Waals surface area contributed by atoms with Crippen LogP contribution < -0.4 is 4.72 Å². The standard InChI is InChI=1S/C13H18ClFN2O3S/c1-17-4-2-10(3-5-17)16-21(19,20)11-6-9(8-18)13(14)12(15)7-11/h6-7,10,16,18H,2-5,8H2,1H3. The summed E-state index contributed by atoms with van der Waals surface area (Å²) in [7, 11) is -1.85. The van der Waals surface area contributed by atoms with E-state index in [-0.39, 0.29) is 21.5 Å². The highest BCUT2D eigenvalue weighted by Gasteiger charge is 2.25. The third-order valence-electron chi connectivity index (χ3n) is 3.60. The van der Waals surface area contributed by atoms with E-state index < -0.39 is 22.4 Å². The predicted molar refractivity (Wildman–Crippen MR) is 78.2 cm³/mol. The van der Waals surface area contributed by atoms with Gasteiger partial charge in [-0.2, -0.15) is 0 Å². The number of piperidine rings is 1. The highest BCUT2D eigenvalue weighted by Crippen LogP contribution is 2.25. The fourth-order valence-electron chi connectivity index (χ4n) is 2.30. The Morgan fingerprint density at radius 2 is 2.05 bits per heavy atom. The van der Waals surface area contributed by atoms with Crippen LogP contribution in [0.4, 0.5) is 4.39 Å². The van der Waals surface area contributed by atoms with Gasteiger partial charge in [-0.3, -0.25) is 0 Å². The number of halogens is 2. The molecule has 1 aliphatic heterocycles. The lowest BCUT2D eigenvalue weighted by molar-refractivity contribution is 0.248. The van der Waals surface area contributed by atoms with Gasteiger partial charge in [0.05, 0.1) is 16.5 Å². The van der Waals surface area contributed by atoms with E-state index in [2.05, 4.69) is 9.62 Å². The molecule has 8 heteroatoms. The largest absolute Gasteiger partial charge is 0.392 e. The molecule has 1 heterocycles. The first-order chi connectivity index (χ1) is 9.83. The maximum absolute atomic E-state index is 13.6. The number of hydrogen-bond acceptors (Lipinski definition) is 4. The van der Waals surface area contributed by atoms with Crippen molar-refractivity contribution in [3.8, 4) is 0 Å². The summed E-state index contributed by atoms with van der Waals surface area (Å²) in [5.74, 6) is -0.855. The van der Waals surface area contributed by atoms with Crippen LogP contribution in [0.15, 0.2) is 17.0 Å². The third-order valence-corrected chi connectivity index (χ3v) is 5.52. The first-order valence-electron chi connectivity index (χ1n) is 6.63. The van der Waals surface area contributed by atoms with Crippen molar-refractivity contribution in [1.29, 1.82) is 0 Å². The Labute approximate surface area is 128 Å². The quantitative estimate of drug-likeness (QED) is 0.870. The summed E-state index contributed by atoms with van der Waals surface area (Å²) in [4.78, 5) is 1.91. The van der Waals surface area contributed by atoms with Gasteiger partial charge in [-0.05, 0) is 45.1 Å². The summed E-state index contributed by atoms with van der Waals surface area (Å²) in [5, 5.41) is 8.86. The van der Waals surface area contributed by atoms with Gasteiger partial charge in [0.15, 0.2) is 0 Å². The lowest BCUT2D eigenvalue weighted by Crippen LogP contribution is -2.43. The van der Waals surface area contributed by atoms with Crippen LogP contribution in [-0.4, -0.2) is 44.6 Å². The lowest BCUT2D eigenvalue weighted by atomic mass is 10.1. The molecule has 0 bridgehead atoms. The molecule has 0 saturated carbocycles. The topological polar surface area (TPSA) is 69.6 Å². The number of rotatable bonds is 4. The van der Waals surface area contributed by atoms with Gasteiger partial charge in [-0.25, -0.2) is 17.5 Å². The van der Waals surface area contributed by atoms with Crippen molar-refractivity contribution < 1.29 is 17.9 Å². The zero-order valence-corrected chi connectivity index (χ0v) is 13.2. The van der Waals surface area contributed by atoms with Gasteiger partial charge in [0, 0.05) is 11.6 Å².